The van der Waals surface area contributed by atoms with Crippen LogP contribution in [0.3, 0.4) is 0 Å². The first-order valence-electron chi connectivity index (χ1n) is 14.1. The number of rotatable bonds is 8. The van der Waals surface area contributed by atoms with Gasteiger partial charge in [0.05, 0.1) is 41.9 Å². The summed E-state index contributed by atoms with van der Waals surface area (Å²) in [5, 5.41) is 24.7. The van der Waals surface area contributed by atoms with Crippen molar-refractivity contribution in [1.29, 1.82) is 0 Å². The number of azo groups is 1. The van der Waals surface area contributed by atoms with E-state index in [1.165, 1.54) is 23.5 Å². The zero-order valence-electron chi connectivity index (χ0n) is 28.1. The zero-order valence-corrected chi connectivity index (χ0v) is 37.3. The molecule has 0 N–H and O–H groups in total. The van der Waals surface area contributed by atoms with Gasteiger partial charge in [0.15, 0.2) is 6.04 Å². The summed E-state index contributed by atoms with van der Waals surface area (Å²) >= 11 is 2.81. The summed E-state index contributed by atoms with van der Waals surface area (Å²) in [6, 6.07) is 17.3. The minimum absolute atomic E-state index is 0. The number of hydrogen-bond acceptors (Lipinski definition) is 16. The van der Waals surface area contributed by atoms with Crippen LogP contribution in [-0.2, 0) is 29.8 Å². The quantitative estimate of drug-likeness (QED) is 0.0801. The zero-order chi connectivity index (χ0) is 35.5. The smallest absolute Gasteiger partial charge is 0.744 e. The van der Waals surface area contributed by atoms with Crippen molar-refractivity contribution in [3.8, 4) is 21.1 Å². The maximum absolute atomic E-state index is 13.1. The molecule has 0 bridgehead atoms. The maximum Gasteiger partial charge on any atom is 1.00 e. The first-order valence-corrected chi connectivity index (χ1v) is 18.6. The Kier molecular flexibility index (Phi) is 13.8. The van der Waals surface area contributed by atoms with E-state index in [4.69, 9.17) is 4.98 Å². The average molecular weight is 815 g/mol. The number of benzene rings is 4. The number of carboxylic acid groups (broad SMARTS) is 1. The normalized spacial score (nSPS) is 14.5. The van der Waals surface area contributed by atoms with Crippen LogP contribution in [0.2, 0.25) is 0 Å². The number of hydrogen-bond donors (Lipinski definition) is 0. The van der Waals surface area contributed by atoms with Crippen molar-refractivity contribution >= 4 is 92.3 Å². The summed E-state index contributed by atoms with van der Waals surface area (Å²) in [4.78, 5) is 32.8. The standard InChI is InChI=1S/C31H20N6O9S4.3Na/c1-15-2-9-20-23(12-15)47-28(32-20)16-3-10-21-24(13-16)48-29(33-21)17-4-11-22(25(14-17)50(44,45)46)34-35-26-27(31(39)40)36-37(30(26)38)18-5-7-19(8-6-18)49(41,42)43;;;/h2-14,26H,1H3,(H,39,40)(H,41,42,43)(H,44,45,46);;;/q;3*+1/p-3. The molecule has 0 radical (unpaired) electrons. The molecule has 0 aliphatic carbocycles. The van der Waals surface area contributed by atoms with E-state index >= 15 is 0 Å². The number of carbonyl (C=O) groups excluding carboxylic acids is 2. The molecule has 252 valence electrons. The number of aliphatic carboxylic acids is 1. The summed E-state index contributed by atoms with van der Waals surface area (Å²) in [6.07, 6.45) is 0. The van der Waals surface area contributed by atoms with Crippen molar-refractivity contribution in [3.63, 3.8) is 0 Å². The van der Waals surface area contributed by atoms with Crippen molar-refractivity contribution in [3.05, 3.63) is 84.4 Å². The van der Waals surface area contributed by atoms with Gasteiger partial charge in [-0.25, -0.2) is 26.8 Å². The fourth-order valence-electron chi connectivity index (χ4n) is 5.03. The SMILES string of the molecule is Cc1ccc2nc(-c3ccc4nc(-c5ccc(N=NC6C(=O)N(c7ccc(S(=O)(=O)[O-])cc7)N=C6C(=O)[O-])c(S(=O)(=O)[O-])c5)sc4c3)sc2c1.[Na+].[Na+].[Na+]. The van der Waals surface area contributed by atoms with Gasteiger partial charge in [0.1, 0.15) is 41.7 Å². The van der Waals surface area contributed by atoms with Crippen molar-refractivity contribution < 1.29 is 129 Å². The van der Waals surface area contributed by atoms with Crippen molar-refractivity contribution in [2.45, 2.75) is 22.8 Å². The topological polar surface area (TPSA) is 238 Å². The van der Waals surface area contributed by atoms with E-state index in [9.17, 15) is 40.6 Å². The van der Waals surface area contributed by atoms with Gasteiger partial charge in [-0.15, -0.1) is 22.7 Å². The fourth-order valence-corrected chi connectivity index (χ4v) is 8.19. The molecular weight excluding hydrogens is 798 g/mol. The number of fused-ring (bicyclic) bond motifs is 2. The van der Waals surface area contributed by atoms with Gasteiger partial charge in [-0.2, -0.15) is 20.3 Å². The van der Waals surface area contributed by atoms with E-state index in [0.717, 1.165) is 61.4 Å². The Labute approximate surface area is 375 Å². The Morgan fingerprint density at radius 3 is 1.92 bits per heavy atom. The number of nitrogens with zero attached hydrogens (tertiary/aromatic N) is 6. The number of anilines is 1. The summed E-state index contributed by atoms with van der Waals surface area (Å²) in [5.41, 5.74) is 2.31. The molecule has 1 aliphatic heterocycles. The van der Waals surface area contributed by atoms with Crippen molar-refractivity contribution in [2.24, 2.45) is 15.3 Å². The molecule has 53 heavy (non-hydrogen) atoms. The molecule has 0 saturated carbocycles. The van der Waals surface area contributed by atoms with Crippen LogP contribution < -0.4 is 98.8 Å². The number of amides is 1. The van der Waals surface area contributed by atoms with E-state index in [-0.39, 0.29) is 99.9 Å². The third-order valence-corrected chi connectivity index (χ3v) is 11.3. The van der Waals surface area contributed by atoms with Crippen LogP contribution in [0.4, 0.5) is 11.4 Å². The van der Waals surface area contributed by atoms with Gasteiger partial charge in [0, 0.05) is 11.1 Å². The molecule has 15 nitrogen and oxygen atoms in total. The minimum atomic E-state index is -5.17. The Morgan fingerprint density at radius 2 is 1.34 bits per heavy atom. The molecule has 1 unspecified atom stereocenters. The number of carboxylic acids is 1. The minimum Gasteiger partial charge on any atom is -0.744 e. The monoisotopic (exact) mass is 814 g/mol. The van der Waals surface area contributed by atoms with Crippen LogP contribution in [-0.4, -0.2) is 59.5 Å². The molecular formula is C31H17N6Na3O9S4. The third-order valence-electron chi connectivity index (χ3n) is 7.42. The third kappa shape index (κ3) is 9.06. The van der Waals surface area contributed by atoms with E-state index in [2.05, 4.69) is 26.4 Å². The molecule has 0 saturated heterocycles. The number of carbonyl (C=O) groups is 2. The van der Waals surface area contributed by atoms with Crippen LogP contribution in [0.25, 0.3) is 41.6 Å². The number of aromatic nitrogens is 2. The second-order valence-electron chi connectivity index (χ2n) is 10.8. The first-order chi connectivity index (χ1) is 23.7. The van der Waals surface area contributed by atoms with Gasteiger partial charge in [0.25, 0.3) is 5.91 Å². The Balaban J connectivity index is 0.00000209. The molecule has 0 fully saturated rings. The summed E-state index contributed by atoms with van der Waals surface area (Å²) in [7, 11) is -9.97. The van der Waals surface area contributed by atoms with Crippen molar-refractivity contribution in [1.82, 2.24) is 9.97 Å². The average Bonchev–Trinajstić information content (AvgIpc) is 3.77. The molecule has 4 aromatic carbocycles. The summed E-state index contributed by atoms with van der Waals surface area (Å²) in [5.74, 6) is -2.96. The molecule has 1 amide bonds. The molecule has 2 aromatic heterocycles. The largest absolute Gasteiger partial charge is 1.00 e. The summed E-state index contributed by atoms with van der Waals surface area (Å²) < 4.78 is 72.5. The second-order valence-corrected chi connectivity index (χ2v) is 15.6. The van der Waals surface area contributed by atoms with Gasteiger partial charge in [0.2, 0.25) is 0 Å². The Hall–Kier alpha value is -2.31. The van der Waals surface area contributed by atoms with Crippen LogP contribution in [0, 0.1) is 6.92 Å². The molecule has 22 heteroatoms. The Bertz CT molecular complexity index is 2700. The fraction of sp³-hybridized carbons (Fsp3) is 0.0645. The van der Waals surface area contributed by atoms with Crippen LogP contribution in [0.1, 0.15) is 5.56 Å². The van der Waals surface area contributed by atoms with E-state index in [1.54, 1.807) is 11.3 Å². The molecule has 7 rings (SSSR count). The predicted octanol–water partition coefficient (Wildman–Crippen LogP) is -5.03. The maximum atomic E-state index is 13.1. The van der Waals surface area contributed by atoms with Gasteiger partial charge in [-0.3, -0.25) is 4.79 Å². The second kappa shape index (κ2) is 16.8. The molecule has 0 spiro atoms. The van der Waals surface area contributed by atoms with Gasteiger partial charge < -0.3 is 19.0 Å². The van der Waals surface area contributed by atoms with Crippen LogP contribution in [0.5, 0.6) is 0 Å². The summed E-state index contributed by atoms with van der Waals surface area (Å²) in [6.45, 7) is 2.01. The first kappa shape index (κ1) is 43.4. The van der Waals surface area contributed by atoms with Crippen LogP contribution in [0.15, 0.2) is 104 Å². The predicted molar refractivity (Wildman–Crippen MR) is 179 cm³/mol. The van der Waals surface area contributed by atoms with Crippen LogP contribution >= 0.6 is 22.7 Å². The number of aryl methyl sites for hydroxylation is 1. The molecule has 1 atom stereocenters. The van der Waals surface area contributed by atoms with Gasteiger partial charge in [-0.1, -0.05) is 6.07 Å². The van der Waals surface area contributed by atoms with E-state index in [1.807, 2.05) is 37.3 Å². The number of thiazole rings is 2. The molecule has 6 aromatic rings. The van der Waals surface area contributed by atoms with Crippen molar-refractivity contribution in [2.75, 3.05) is 5.01 Å². The van der Waals surface area contributed by atoms with Gasteiger partial charge >= 0.3 is 88.7 Å². The molecule has 3 heterocycles. The van der Waals surface area contributed by atoms with E-state index < -0.39 is 59.3 Å². The Morgan fingerprint density at radius 1 is 0.774 bits per heavy atom. The molecule has 1 aliphatic rings. The number of hydrazone groups is 1. The van der Waals surface area contributed by atoms with E-state index in [0.29, 0.717) is 15.5 Å². The van der Waals surface area contributed by atoms with Gasteiger partial charge in [-0.05, 0) is 85.3 Å².